The molecule has 1 atom stereocenters. The first-order valence-corrected chi connectivity index (χ1v) is 9.13. The van der Waals surface area contributed by atoms with Crippen molar-refractivity contribution in [3.8, 4) is 28.7 Å². The summed E-state index contributed by atoms with van der Waals surface area (Å²) in [6.07, 6.45) is 5.40. The van der Waals surface area contributed by atoms with Gasteiger partial charge < -0.3 is 19.5 Å². The Kier molecular flexibility index (Phi) is 5.14. The molecule has 0 aliphatic carbocycles. The molecule has 9 nitrogen and oxygen atoms in total. The zero-order chi connectivity index (χ0) is 19.3. The highest BCUT2D eigenvalue weighted by Gasteiger charge is 2.28. The number of benzene rings is 1. The van der Waals surface area contributed by atoms with Crippen molar-refractivity contribution in [2.75, 3.05) is 19.6 Å². The number of ether oxygens (including phenoxy) is 1. The second-order valence-corrected chi connectivity index (χ2v) is 6.32. The number of rotatable bonds is 5. The van der Waals surface area contributed by atoms with Crippen LogP contribution in [0.5, 0.6) is 5.75 Å². The van der Waals surface area contributed by atoms with E-state index in [0.29, 0.717) is 48.4 Å². The zero-order valence-electron chi connectivity index (χ0n) is 15.4. The molecule has 1 saturated heterocycles. The molecule has 28 heavy (non-hydrogen) atoms. The van der Waals surface area contributed by atoms with Gasteiger partial charge in [0.05, 0.1) is 18.3 Å². The van der Waals surface area contributed by atoms with E-state index in [9.17, 15) is 4.79 Å². The van der Waals surface area contributed by atoms with Gasteiger partial charge in [-0.15, -0.1) is 0 Å². The molecule has 2 aromatic heterocycles. The topological polar surface area (TPSA) is 106 Å². The normalized spacial score (nSPS) is 16.2. The van der Waals surface area contributed by atoms with Crippen molar-refractivity contribution < 1.29 is 14.1 Å². The minimum absolute atomic E-state index is 0.0626. The standard InChI is InChI=1S/C19H20N6O3/c1-2-21-19(26)25-10-7-13(12-25)27-16-6-4-3-5-14(16)18-23-17(24-28-18)15-11-20-8-9-22-15/h3-6,8-9,11,13H,2,7,10,12H2,1H3,(H,21,26). The average Bonchev–Trinajstić information content (AvgIpc) is 3.39. The van der Waals surface area contributed by atoms with Gasteiger partial charge in [-0.25, -0.2) is 9.78 Å². The monoisotopic (exact) mass is 380 g/mol. The molecule has 1 aliphatic rings. The Morgan fingerprint density at radius 3 is 3.07 bits per heavy atom. The predicted molar refractivity (Wildman–Crippen MR) is 100 cm³/mol. The number of nitrogens with one attached hydrogen (secondary N) is 1. The molecule has 9 heteroatoms. The summed E-state index contributed by atoms with van der Waals surface area (Å²) in [7, 11) is 0. The molecule has 4 rings (SSSR count). The molecule has 2 amide bonds. The number of carbonyl (C=O) groups is 1. The molecule has 0 spiro atoms. The molecule has 1 fully saturated rings. The molecule has 144 valence electrons. The second-order valence-electron chi connectivity index (χ2n) is 6.32. The van der Waals surface area contributed by atoms with Crippen LogP contribution in [0.25, 0.3) is 23.0 Å². The van der Waals surface area contributed by atoms with Gasteiger partial charge in [-0.05, 0) is 19.1 Å². The SMILES string of the molecule is CCNC(=O)N1CCC(Oc2ccccc2-c2nc(-c3cnccn3)no2)C1. The van der Waals surface area contributed by atoms with Crippen molar-refractivity contribution in [2.24, 2.45) is 0 Å². The minimum atomic E-state index is -0.0915. The lowest BCUT2D eigenvalue weighted by molar-refractivity contribution is 0.187. The van der Waals surface area contributed by atoms with Gasteiger partial charge in [0.15, 0.2) is 0 Å². The molecule has 0 radical (unpaired) electrons. The Morgan fingerprint density at radius 2 is 2.25 bits per heavy atom. The third-order valence-corrected chi connectivity index (χ3v) is 4.39. The molecular weight excluding hydrogens is 360 g/mol. The van der Waals surface area contributed by atoms with Crippen LogP contribution in [0.2, 0.25) is 0 Å². The molecular formula is C19H20N6O3. The summed E-state index contributed by atoms with van der Waals surface area (Å²) in [5, 5.41) is 6.80. The molecule has 1 N–H and O–H groups in total. The van der Waals surface area contributed by atoms with Crippen LogP contribution in [0.3, 0.4) is 0 Å². The van der Waals surface area contributed by atoms with Gasteiger partial charge in [0.1, 0.15) is 17.5 Å². The van der Waals surface area contributed by atoms with Gasteiger partial charge in [0, 0.05) is 31.9 Å². The minimum Gasteiger partial charge on any atom is -0.488 e. The first kappa shape index (κ1) is 17.9. The number of amides is 2. The van der Waals surface area contributed by atoms with Crippen molar-refractivity contribution >= 4 is 6.03 Å². The average molecular weight is 380 g/mol. The number of urea groups is 1. The first-order chi connectivity index (χ1) is 13.7. The number of aromatic nitrogens is 4. The van der Waals surface area contributed by atoms with Gasteiger partial charge in [-0.1, -0.05) is 17.3 Å². The van der Waals surface area contributed by atoms with Crippen LogP contribution in [0.1, 0.15) is 13.3 Å². The maximum absolute atomic E-state index is 12.0. The fourth-order valence-electron chi connectivity index (χ4n) is 3.05. The molecule has 0 saturated carbocycles. The fraction of sp³-hybridized carbons (Fsp3) is 0.316. The predicted octanol–water partition coefficient (Wildman–Crippen LogP) is 2.38. The smallest absolute Gasteiger partial charge is 0.317 e. The van der Waals surface area contributed by atoms with Crippen molar-refractivity contribution in [3.63, 3.8) is 0 Å². The lowest BCUT2D eigenvalue weighted by atomic mass is 10.2. The Balaban J connectivity index is 1.51. The van der Waals surface area contributed by atoms with E-state index >= 15 is 0 Å². The number of hydrogen-bond donors (Lipinski definition) is 1. The van der Waals surface area contributed by atoms with Gasteiger partial charge in [-0.2, -0.15) is 4.98 Å². The van der Waals surface area contributed by atoms with Gasteiger partial charge >= 0.3 is 6.03 Å². The highest BCUT2D eigenvalue weighted by Crippen LogP contribution is 2.31. The highest BCUT2D eigenvalue weighted by molar-refractivity contribution is 5.74. The molecule has 0 bridgehead atoms. The van der Waals surface area contributed by atoms with Gasteiger partial charge in [0.2, 0.25) is 5.82 Å². The molecule has 3 aromatic rings. The number of para-hydroxylation sites is 1. The Hall–Kier alpha value is -3.49. The first-order valence-electron chi connectivity index (χ1n) is 9.13. The van der Waals surface area contributed by atoms with E-state index in [2.05, 4.69) is 25.4 Å². The maximum atomic E-state index is 12.0. The van der Waals surface area contributed by atoms with E-state index in [4.69, 9.17) is 9.26 Å². The van der Waals surface area contributed by atoms with Crippen molar-refractivity contribution in [1.29, 1.82) is 0 Å². The highest BCUT2D eigenvalue weighted by atomic mass is 16.5. The maximum Gasteiger partial charge on any atom is 0.317 e. The summed E-state index contributed by atoms with van der Waals surface area (Å²) >= 11 is 0. The van der Waals surface area contributed by atoms with Gasteiger partial charge in [0.25, 0.3) is 5.89 Å². The van der Waals surface area contributed by atoms with Gasteiger partial charge in [-0.3, -0.25) is 4.98 Å². The van der Waals surface area contributed by atoms with Crippen LogP contribution in [0.4, 0.5) is 4.79 Å². The summed E-state index contributed by atoms with van der Waals surface area (Å²) in [4.78, 5) is 26.4. The Labute approximate surface area is 161 Å². The van der Waals surface area contributed by atoms with E-state index in [1.807, 2.05) is 31.2 Å². The van der Waals surface area contributed by atoms with Crippen LogP contribution < -0.4 is 10.1 Å². The number of nitrogens with zero attached hydrogens (tertiary/aromatic N) is 5. The van der Waals surface area contributed by atoms with Crippen LogP contribution in [0.15, 0.2) is 47.4 Å². The van der Waals surface area contributed by atoms with E-state index in [0.717, 1.165) is 6.42 Å². The molecule has 1 aromatic carbocycles. The third kappa shape index (κ3) is 3.78. The lowest BCUT2D eigenvalue weighted by Gasteiger charge is -2.18. The Bertz CT molecular complexity index is 946. The summed E-state index contributed by atoms with van der Waals surface area (Å²) in [5.41, 5.74) is 1.23. The summed E-state index contributed by atoms with van der Waals surface area (Å²) in [6, 6.07) is 7.42. The molecule has 1 unspecified atom stereocenters. The number of likely N-dealkylation sites (tertiary alicyclic amines) is 1. The fourth-order valence-corrected chi connectivity index (χ4v) is 3.05. The van der Waals surface area contributed by atoms with Crippen LogP contribution in [-0.4, -0.2) is 56.8 Å². The number of carbonyl (C=O) groups excluding carboxylic acids is 1. The second kappa shape index (κ2) is 8.03. The van der Waals surface area contributed by atoms with E-state index in [1.54, 1.807) is 23.5 Å². The van der Waals surface area contributed by atoms with Crippen LogP contribution >= 0.6 is 0 Å². The van der Waals surface area contributed by atoms with Crippen molar-refractivity contribution in [2.45, 2.75) is 19.4 Å². The quantitative estimate of drug-likeness (QED) is 0.724. The zero-order valence-corrected chi connectivity index (χ0v) is 15.4. The number of hydrogen-bond acceptors (Lipinski definition) is 7. The third-order valence-electron chi connectivity index (χ3n) is 4.39. The van der Waals surface area contributed by atoms with E-state index in [-0.39, 0.29) is 12.1 Å². The van der Waals surface area contributed by atoms with Crippen molar-refractivity contribution in [3.05, 3.63) is 42.9 Å². The van der Waals surface area contributed by atoms with E-state index < -0.39 is 0 Å². The van der Waals surface area contributed by atoms with Crippen LogP contribution in [0, 0.1) is 0 Å². The molecule has 1 aliphatic heterocycles. The summed E-state index contributed by atoms with van der Waals surface area (Å²) < 4.78 is 11.6. The summed E-state index contributed by atoms with van der Waals surface area (Å²) in [5.74, 6) is 1.34. The van der Waals surface area contributed by atoms with Crippen LogP contribution in [-0.2, 0) is 0 Å². The largest absolute Gasteiger partial charge is 0.488 e. The lowest BCUT2D eigenvalue weighted by Crippen LogP contribution is -2.39. The van der Waals surface area contributed by atoms with Crippen molar-refractivity contribution in [1.82, 2.24) is 30.3 Å². The Morgan fingerprint density at radius 1 is 1.36 bits per heavy atom. The van der Waals surface area contributed by atoms with E-state index in [1.165, 1.54) is 0 Å². The molecule has 3 heterocycles. The summed E-state index contributed by atoms with van der Waals surface area (Å²) in [6.45, 7) is 3.71.